The highest BCUT2D eigenvalue weighted by Crippen LogP contribution is 2.39. The maximum Gasteiger partial charge on any atom is 0.102 e. The molecule has 0 N–H and O–H groups in total. The van der Waals surface area contributed by atoms with E-state index in [1.54, 1.807) is 0 Å². The van der Waals surface area contributed by atoms with E-state index in [1.165, 1.54) is 35.6 Å². The average Bonchev–Trinajstić information content (AvgIpc) is 3.37. The maximum atomic E-state index is 4.74. The molecule has 0 bridgehead atoms. The van der Waals surface area contributed by atoms with Crippen molar-refractivity contribution in [3.63, 3.8) is 0 Å². The molecule has 0 aliphatic carbocycles. The summed E-state index contributed by atoms with van der Waals surface area (Å²) in [5.41, 5.74) is 4.14. The molecule has 6 aromatic rings. The third kappa shape index (κ3) is 2.33. The summed E-state index contributed by atoms with van der Waals surface area (Å²) >= 11 is 3.69. The number of fused-ring (bicyclic) bond motifs is 4. The van der Waals surface area contributed by atoms with Crippen LogP contribution in [0, 0.1) is 6.92 Å². The van der Waals surface area contributed by atoms with E-state index in [4.69, 9.17) is 4.98 Å². The fraction of sp³-hybridized carbons (Fsp3) is 0.0435. The lowest BCUT2D eigenvalue weighted by molar-refractivity contribution is 1.20. The summed E-state index contributed by atoms with van der Waals surface area (Å²) in [4.78, 5) is 10.6. The standard InChI is InChI=1S/C23H15N3S2/c1-14-10-21-22(27-14)12-23(28-21)26-19-8-3-2-6-15(19)16-11-18(25-13-20(16)26)17-7-4-5-9-24-17/h2-13H,1H3. The Balaban J connectivity index is 1.66. The molecule has 28 heavy (non-hydrogen) atoms. The van der Waals surface area contributed by atoms with Crippen LogP contribution in [0.1, 0.15) is 4.88 Å². The predicted octanol–water partition coefficient (Wildman–Crippen LogP) is 6.83. The normalized spacial score (nSPS) is 11.8. The van der Waals surface area contributed by atoms with Crippen LogP contribution in [0.5, 0.6) is 0 Å². The highest BCUT2D eigenvalue weighted by atomic mass is 32.1. The quantitative estimate of drug-likeness (QED) is 0.321. The first-order chi connectivity index (χ1) is 13.8. The summed E-state index contributed by atoms with van der Waals surface area (Å²) in [5.74, 6) is 0. The number of aromatic nitrogens is 3. The zero-order chi connectivity index (χ0) is 18.7. The second-order valence-electron chi connectivity index (χ2n) is 6.82. The number of hydrogen-bond donors (Lipinski definition) is 0. The van der Waals surface area contributed by atoms with E-state index in [9.17, 15) is 0 Å². The molecule has 0 aliphatic heterocycles. The van der Waals surface area contributed by atoms with Crippen molar-refractivity contribution in [1.82, 2.24) is 14.5 Å². The molecular weight excluding hydrogens is 382 g/mol. The molecule has 0 atom stereocenters. The first-order valence-electron chi connectivity index (χ1n) is 9.09. The monoisotopic (exact) mass is 397 g/mol. The van der Waals surface area contributed by atoms with Gasteiger partial charge in [0, 0.05) is 31.2 Å². The van der Waals surface area contributed by atoms with Crippen molar-refractivity contribution in [2.24, 2.45) is 0 Å². The third-order valence-corrected chi connectivity index (χ3v) is 7.22. The number of thiophene rings is 2. The lowest BCUT2D eigenvalue weighted by atomic mass is 10.1. The Morgan fingerprint density at radius 3 is 2.46 bits per heavy atom. The van der Waals surface area contributed by atoms with Gasteiger partial charge in [-0.15, -0.1) is 22.7 Å². The minimum atomic E-state index is 0.897. The molecule has 0 saturated heterocycles. The number of nitrogens with zero attached hydrogens (tertiary/aromatic N) is 3. The second kappa shape index (κ2) is 5.99. The molecule has 134 valence electrons. The lowest BCUT2D eigenvalue weighted by Gasteiger charge is -2.04. The first-order valence-corrected chi connectivity index (χ1v) is 10.7. The van der Waals surface area contributed by atoms with Crippen molar-refractivity contribution in [2.45, 2.75) is 6.92 Å². The summed E-state index contributed by atoms with van der Waals surface area (Å²) < 4.78 is 5.04. The van der Waals surface area contributed by atoms with Gasteiger partial charge in [-0.1, -0.05) is 24.3 Å². The van der Waals surface area contributed by atoms with Crippen molar-refractivity contribution in [2.75, 3.05) is 0 Å². The Hall–Kier alpha value is -3.02. The van der Waals surface area contributed by atoms with Crippen molar-refractivity contribution in [3.05, 3.63) is 77.9 Å². The Labute approximate surface area is 169 Å². The SMILES string of the molecule is Cc1cc2sc(-n3c4ccccc4c4cc(-c5ccccn5)ncc43)cc2s1. The fourth-order valence-corrected chi connectivity index (χ4v) is 6.15. The zero-order valence-corrected chi connectivity index (χ0v) is 16.7. The number of rotatable bonds is 2. The van der Waals surface area contributed by atoms with Crippen LogP contribution in [0.2, 0.25) is 0 Å². The van der Waals surface area contributed by atoms with Crippen molar-refractivity contribution in [1.29, 1.82) is 0 Å². The molecule has 5 aromatic heterocycles. The summed E-state index contributed by atoms with van der Waals surface area (Å²) in [6.07, 6.45) is 3.79. The molecule has 0 radical (unpaired) electrons. The van der Waals surface area contributed by atoms with Crippen LogP contribution in [0.15, 0.2) is 73.1 Å². The van der Waals surface area contributed by atoms with Crippen LogP contribution in [-0.4, -0.2) is 14.5 Å². The molecule has 5 heteroatoms. The molecule has 5 heterocycles. The highest BCUT2D eigenvalue weighted by Gasteiger charge is 2.16. The van der Waals surface area contributed by atoms with Gasteiger partial charge in [-0.3, -0.25) is 14.5 Å². The van der Waals surface area contributed by atoms with Crippen LogP contribution >= 0.6 is 22.7 Å². The second-order valence-corrected chi connectivity index (χ2v) is 9.17. The summed E-state index contributed by atoms with van der Waals surface area (Å²) in [6, 6.07) is 21.3. The Kier molecular flexibility index (Phi) is 3.42. The van der Waals surface area contributed by atoms with Gasteiger partial charge in [0.2, 0.25) is 0 Å². The number of hydrogen-bond acceptors (Lipinski definition) is 4. The van der Waals surface area contributed by atoms with Gasteiger partial charge in [-0.2, -0.15) is 0 Å². The average molecular weight is 398 g/mol. The Morgan fingerprint density at radius 1 is 0.750 bits per heavy atom. The number of pyridine rings is 2. The topological polar surface area (TPSA) is 30.7 Å². The third-order valence-electron chi connectivity index (χ3n) is 5.02. The van der Waals surface area contributed by atoms with E-state index in [0.29, 0.717) is 0 Å². The van der Waals surface area contributed by atoms with Crippen molar-refractivity contribution < 1.29 is 0 Å². The molecule has 0 unspecified atom stereocenters. The summed E-state index contributed by atoms with van der Waals surface area (Å²) in [6.45, 7) is 2.17. The van der Waals surface area contributed by atoms with Gasteiger partial charge < -0.3 is 0 Å². The molecule has 0 saturated carbocycles. The zero-order valence-electron chi connectivity index (χ0n) is 15.1. The minimum absolute atomic E-state index is 0.897. The fourth-order valence-electron chi connectivity index (χ4n) is 3.81. The summed E-state index contributed by atoms with van der Waals surface area (Å²) in [7, 11) is 0. The molecule has 0 fully saturated rings. The van der Waals surface area contributed by atoms with Gasteiger partial charge >= 0.3 is 0 Å². The van der Waals surface area contributed by atoms with Gasteiger partial charge in [-0.25, -0.2) is 0 Å². The molecule has 0 amide bonds. The van der Waals surface area contributed by atoms with Crippen LogP contribution in [0.25, 0.3) is 47.6 Å². The molecular formula is C23H15N3S2. The molecule has 3 nitrogen and oxygen atoms in total. The van der Waals surface area contributed by atoms with Crippen molar-refractivity contribution in [3.8, 4) is 16.4 Å². The smallest absolute Gasteiger partial charge is 0.102 e. The van der Waals surface area contributed by atoms with E-state index in [0.717, 1.165) is 16.9 Å². The molecule has 0 aliphatic rings. The van der Waals surface area contributed by atoms with Gasteiger partial charge in [-0.05, 0) is 43.3 Å². The van der Waals surface area contributed by atoms with E-state index in [-0.39, 0.29) is 0 Å². The Bertz CT molecular complexity index is 1440. The maximum absolute atomic E-state index is 4.74. The van der Waals surface area contributed by atoms with E-state index >= 15 is 0 Å². The van der Waals surface area contributed by atoms with Crippen LogP contribution in [0.4, 0.5) is 0 Å². The van der Waals surface area contributed by atoms with Gasteiger partial charge in [0.25, 0.3) is 0 Å². The number of aryl methyl sites for hydroxylation is 1. The number of benzene rings is 1. The van der Waals surface area contributed by atoms with Gasteiger partial charge in [0.1, 0.15) is 5.00 Å². The first kappa shape index (κ1) is 16.0. The van der Waals surface area contributed by atoms with Crippen LogP contribution < -0.4 is 0 Å². The largest absolute Gasteiger partial charge is 0.299 e. The summed E-state index contributed by atoms with van der Waals surface area (Å²) in [5, 5.41) is 3.68. The Morgan fingerprint density at radius 2 is 1.61 bits per heavy atom. The lowest BCUT2D eigenvalue weighted by Crippen LogP contribution is -1.91. The van der Waals surface area contributed by atoms with E-state index in [1.807, 2.05) is 53.3 Å². The van der Waals surface area contributed by atoms with Gasteiger partial charge in [0.05, 0.1) is 28.6 Å². The predicted molar refractivity (Wildman–Crippen MR) is 120 cm³/mol. The van der Waals surface area contributed by atoms with E-state index < -0.39 is 0 Å². The molecule has 1 aromatic carbocycles. The van der Waals surface area contributed by atoms with Crippen LogP contribution in [-0.2, 0) is 0 Å². The van der Waals surface area contributed by atoms with Crippen molar-refractivity contribution >= 4 is 53.9 Å². The number of para-hydroxylation sites is 1. The van der Waals surface area contributed by atoms with Crippen LogP contribution in [0.3, 0.4) is 0 Å². The highest BCUT2D eigenvalue weighted by molar-refractivity contribution is 7.29. The molecule has 0 spiro atoms. The minimum Gasteiger partial charge on any atom is -0.299 e. The van der Waals surface area contributed by atoms with E-state index in [2.05, 4.69) is 58.9 Å². The molecule has 6 rings (SSSR count). The van der Waals surface area contributed by atoms with Gasteiger partial charge in [0.15, 0.2) is 0 Å².